The second-order valence-electron chi connectivity index (χ2n) is 3.59. The van der Waals surface area contributed by atoms with Crippen LogP contribution in [0.15, 0.2) is 42.7 Å². The lowest BCUT2D eigenvalue weighted by molar-refractivity contribution is -0.0498. The van der Waals surface area contributed by atoms with Gasteiger partial charge >= 0.3 is 6.61 Å². The van der Waals surface area contributed by atoms with Crippen molar-refractivity contribution in [2.45, 2.75) is 6.61 Å². The highest BCUT2D eigenvalue weighted by atomic mass is 35.5. The molecule has 1 aromatic carbocycles. The summed E-state index contributed by atoms with van der Waals surface area (Å²) < 4.78 is 28.5. The molecule has 3 nitrogen and oxygen atoms in total. The zero-order chi connectivity index (χ0) is 13.8. The van der Waals surface area contributed by atoms with Crippen molar-refractivity contribution >= 4 is 17.4 Å². The first-order valence-electron chi connectivity index (χ1n) is 5.27. The third-order valence-corrected chi connectivity index (χ3v) is 2.68. The molecule has 0 N–H and O–H groups in total. The lowest BCUT2D eigenvalue weighted by atomic mass is 10.0. The Hall–Kier alpha value is -2.01. The summed E-state index contributed by atoms with van der Waals surface area (Å²) in [6.07, 6.45) is 2.92. The molecule has 2 aromatic rings. The third kappa shape index (κ3) is 3.26. The van der Waals surface area contributed by atoms with E-state index in [4.69, 9.17) is 11.6 Å². The number of ketones is 1. The number of pyridine rings is 1. The number of carbonyl (C=O) groups excluding carboxylic acids is 1. The minimum absolute atomic E-state index is 0.103. The molecule has 0 aliphatic heterocycles. The van der Waals surface area contributed by atoms with Gasteiger partial charge in [-0.2, -0.15) is 8.78 Å². The molecule has 0 aliphatic rings. The lowest BCUT2D eigenvalue weighted by Gasteiger charge is -2.08. The van der Waals surface area contributed by atoms with E-state index in [1.165, 1.54) is 42.7 Å². The molecule has 0 amide bonds. The zero-order valence-corrected chi connectivity index (χ0v) is 10.3. The summed E-state index contributed by atoms with van der Waals surface area (Å²) in [6, 6.07) is 6.83. The Morgan fingerprint density at radius 1 is 1.21 bits per heavy atom. The zero-order valence-electron chi connectivity index (χ0n) is 9.52. The predicted octanol–water partition coefficient (Wildman–Crippen LogP) is 3.57. The van der Waals surface area contributed by atoms with Crippen molar-refractivity contribution in [3.05, 3.63) is 58.9 Å². The maximum absolute atomic E-state index is 12.1. The van der Waals surface area contributed by atoms with Gasteiger partial charge in [-0.3, -0.25) is 9.78 Å². The van der Waals surface area contributed by atoms with Crippen molar-refractivity contribution in [2.75, 3.05) is 0 Å². The summed E-state index contributed by atoms with van der Waals surface area (Å²) in [6.45, 7) is -2.95. The van der Waals surface area contributed by atoms with Gasteiger partial charge in [-0.05, 0) is 30.3 Å². The number of alkyl halides is 2. The fraction of sp³-hybridized carbons (Fsp3) is 0.0769. The van der Waals surface area contributed by atoms with E-state index in [2.05, 4.69) is 9.72 Å². The smallest absolute Gasteiger partial charge is 0.387 e. The second kappa shape index (κ2) is 5.75. The predicted molar refractivity (Wildman–Crippen MR) is 65.8 cm³/mol. The van der Waals surface area contributed by atoms with Crippen molar-refractivity contribution in [3.63, 3.8) is 0 Å². The molecule has 0 radical (unpaired) electrons. The van der Waals surface area contributed by atoms with Crippen LogP contribution in [-0.4, -0.2) is 17.4 Å². The molecule has 0 unspecified atom stereocenters. The number of benzene rings is 1. The van der Waals surface area contributed by atoms with Crippen LogP contribution in [-0.2, 0) is 0 Å². The Labute approximate surface area is 112 Å². The first-order chi connectivity index (χ1) is 9.08. The lowest BCUT2D eigenvalue weighted by Crippen LogP contribution is -2.05. The number of ether oxygens (including phenoxy) is 1. The first-order valence-corrected chi connectivity index (χ1v) is 5.65. The van der Waals surface area contributed by atoms with Crippen LogP contribution >= 0.6 is 11.6 Å². The Bertz CT molecular complexity index is 590. The number of aromatic nitrogens is 1. The van der Waals surface area contributed by atoms with Gasteiger partial charge < -0.3 is 4.74 Å². The molecule has 2 rings (SSSR count). The number of hydrogen-bond acceptors (Lipinski definition) is 3. The van der Waals surface area contributed by atoms with Crippen molar-refractivity contribution in [3.8, 4) is 5.75 Å². The van der Waals surface area contributed by atoms with Crippen molar-refractivity contribution in [1.82, 2.24) is 4.98 Å². The standard InChI is InChI=1S/C13H8ClF2NO2/c14-11-2-1-9(19-13(15)16)7-10(11)12(18)8-3-5-17-6-4-8/h1-7,13H. The van der Waals surface area contributed by atoms with E-state index in [-0.39, 0.29) is 22.1 Å². The Balaban J connectivity index is 2.36. The van der Waals surface area contributed by atoms with Crippen molar-refractivity contribution < 1.29 is 18.3 Å². The van der Waals surface area contributed by atoms with Gasteiger partial charge in [0.25, 0.3) is 0 Å². The van der Waals surface area contributed by atoms with Crippen LogP contribution in [0.4, 0.5) is 8.78 Å². The van der Waals surface area contributed by atoms with Gasteiger partial charge in [0.05, 0.1) is 5.02 Å². The van der Waals surface area contributed by atoms with Crippen LogP contribution in [0, 0.1) is 0 Å². The molecule has 0 saturated carbocycles. The quantitative estimate of drug-likeness (QED) is 0.805. The summed E-state index contributed by atoms with van der Waals surface area (Å²) in [5.74, 6) is -0.496. The summed E-state index contributed by atoms with van der Waals surface area (Å²) >= 11 is 5.90. The van der Waals surface area contributed by atoms with Crippen LogP contribution in [0.1, 0.15) is 15.9 Å². The Morgan fingerprint density at radius 2 is 1.89 bits per heavy atom. The van der Waals surface area contributed by atoms with Gasteiger partial charge in [0.1, 0.15) is 5.75 Å². The largest absolute Gasteiger partial charge is 0.435 e. The van der Waals surface area contributed by atoms with Crippen LogP contribution in [0.2, 0.25) is 5.02 Å². The third-order valence-electron chi connectivity index (χ3n) is 2.35. The SMILES string of the molecule is O=C(c1ccncc1)c1cc(OC(F)F)ccc1Cl. The normalized spacial score (nSPS) is 10.5. The number of nitrogens with zero attached hydrogens (tertiary/aromatic N) is 1. The molecule has 0 aliphatic carbocycles. The summed E-state index contributed by atoms with van der Waals surface area (Å²) in [5.41, 5.74) is 0.470. The molecular formula is C13H8ClF2NO2. The highest BCUT2D eigenvalue weighted by Crippen LogP contribution is 2.25. The maximum atomic E-state index is 12.1. The topological polar surface area (TPSA) is 39.2 Å². The number of rotatable bonds is 4. The van der Waals surface area contributed by atoms with E-state index < -0.39 is 6.61 Å². The van der Waals surface area contributed by atoms with Crippen LogP contribution in [0.5, 0.6) is 5.75 Å². The van der Waals surface area contributed by atoms with Gasteiger partial charge in [-0.15, -0.1) is 0 Å². The van der Waals surface area contributed by atoms with Crippen molar-refractivity contribution in [2.24, 2.45) is 0 Å². The van der Waals surface area contributed by atoms with Gasteiger partial charge in [0.15, 0.2) is 5.78 Å². The van der Waals surface area contributed by atoms with Gasteiger partial charge in [0, 0.05) is 23.5 Å². The van der Waals surface area contributed by atoms with E-state index in [1.807, 2.05) is 0 Å². The highest BCUT2D eigenvalue weighted by molar-refractivity contribution is 6.35. The second-order valence-corrected chi connectivity index (χ2v) is 3.99. The minimum Gasteiger partial charge on any atom is -0.435 e. The van der Waals surface area contributed by atoms with E-state index >= 15 is 0 Å². The molecule has 1 aromatic heterocycles. The first kappa shape index (κ1) is 13.4. The number of halogens is 3. The average Bonchev–Trinajstić information content (AvgIpc) is 2.40. The van der Waals surface area contributed by atoms with Gasteiger partial charge in [-0.1, -0.05) is 11.6 Å². The molecule has 1 heterocycles. The molecule has 0 bridgehead atoms. The average molecular weight is 284 g/mol. The molecule has 0 fully saturated rings. The van der Waals surface area contributed by atoms with Crippen LogP contribution < -0.4 is 4.74 Å². The molecule has 0 atom stereocenters. The summed E-state index contributed by atoms with van der Waals surface area (Å²) in [4.78, 5) is 15.9. The van der Waals surface area contributed by atoms with Crippen LogP contribution in [0.25, 0.3) is 0 Å². The van der Waals surface area contributed by atoms with Crippen molar-refractivity contribution in [1.29, 1.82) is 0 Å². The van der Waals surface area contributed by atoms with E-state index in [9.17, 15) is 13.6 Å². The minimum atomic E-state index is -2.95. The van der Waals surface area contributed by atoms with E-state index in [0.29, 0.717) is 5.56 Å². The fourth-order valence-corrected chi connectivity index (χ4v) is 1.72. The van der Waals surface area contributed by atoms with E-state index in [0.717, 1.165) is 0 Å². The molecule has 0 saturated heterocycles. The van der Waals surface area contributed by atoms with E-state index in [1.54, 1.807) is 0 Å². The highest BCUT2D eigenvalue weighted by Gasteiger charge is 2.15. The Morgan fingerprint density at radius 3 is 2.53 bits per heavy atom. The molecule has 0 spiro atoms. The molecular weight excluding hydrogens is 276 g/mol. The molecule has 19 heavy (non-hydrogen) atoms. The molecule has 6 heteroatoms. The fourth-order valence-electron chi connectivity index (χ4n) is 1.51. The molecule has 98 valence electrons. The summed E-state index contributed by atoms with van der Waals surface area (Å²) in [5, 5.41) is 0.170. The van der Waals surface area contributed by atoms with Gasteiger partial charge in [-0.25, -0.2) is 0 Å². The maximum Gasteiger partial charge on any atom is 0.387 e. The number of carbonyl (C=O) groups is 1. The van der Waals surface area contributed by atoms with Crippen LogP contribution in [0.3, 0.4) is 0 Å². The number of hydrogen-bond donors (Lipinski definition) is 0. The Kier molecular flexibility index (Phi) is 4.06. The monoisotopic (exact) mass is 283 g/mol. The van der Waals surface area contributed by atoms with Gasteiger partial charge in [0.2, 0.25) is 0 Å². The summed E-state index contributed by atoms with van der Waals surface area (Å²) in [7, 11) is 0.